The van der Waals surface area contributed by atoms with Crippen LogP contribution in [0.1, 0.15) is 19.8 Å². The zero-order chi connectivity index (χ0) is 9.42. The number of nitrogens with zero attached hydrogens (tertiary/aromatic N) is 1. The lowest BCUT2D eigenvalue weighted by atomic mass is 9.93. The fourth-order valence-electron chi connectivity index (χ4n) is 2.36. The lowest BCUT2D eigenvalue weighted by Gasteiger charge is -2.33. The van der Waals surface area contributed by atoms with E-state index in [-0.39, 0.29) is 11.7 Å². The third kappa shape index (κ3) is 1.21. The van der Waals surface area contributed by atoms with Crippen molar-refractivity contribution in [2.24, 2.45) is 5.92 Å². The Bertz CT molecular complexity index is 269. The molecule has 0 aromatic heterocycles. The second kappa shape index (κ2) is 3.02. The number of allylic oxidation sites excluding steroid dienone is 1. The summed E-state index contributed by atoms with van der Waals surface area (Å²) in [5.41, 5.74) is 0. The van der Waals surface area contributed by atoms with Crippen molar-refractivity contribution in [1.82, 2.24) is 4.90 Å². The van der Waals surface area contributed by atoms with Crippen LogP contribution >= 0.6 is 0 Å². The average molecular weight is 177 g/mol. The van der Waals surface area contributed by atoms with Gasteiger partial charge in [0.15, 0.2) is 5.78 Å². The molecule has 1 fully saturated rings. The Hall–Kier alpha value is -1.05. The molecule has 0 spiro atoms. The molecule has 0 saturated carbocycles. The summed E-state index contributed by atoms with van der Waals surface area (Å²) in [6.45, 7) is 5.84. The highest BCUT2D eigenvalue weighted by atomic mass is 16.1. The lowest BCUT2D eigenvalue weighted by molar-refractivity contribution is -0.120. The molecule has 0 aliphatic carbocycles. The minimum Gasteiger partial charge on any atom is -0.367 e. The van der Waals surface area contributed by atoms with Gasteiger partial charge >= 0.3 is 0 Å². The Morgan fingerprint density at radius 2 is 2.38 bits per heavy atom. The van der Waals surface area contributed by atoms with Crippen LogP contribution in [-0.2, 0) is 4.79 Å². The van der Waals surface area contributed by atoms with Crippen molar-refractivity contribution < 1.29 is 4.79 Å². The van der Waals surface area contributed by atoms with Crippen LogP contribution < -0.4 is 0 Å². The maximum atomic E-state index is 11.4. The molecule has 13 heavy (non-hydrogen) atoms. The summed E-state index contributed by atoms with van der Waals surface area (Å²) >= 11 is 0. The van der Waals surface area contributed by atoms with Crippen LogP contribution in [-0.4, -0.2) is 22.8 Å². The van der Waals surface area contributed by atoms with Gasteiger partial charge in [0.05, 0.1) is 0 Å². The van der Waals surface area contributed by atoms with E-state index >= 15 is 0 Å². The van der Waals surface area contributed by atoms with Gasteiger partial charge in [-0.15, -0.1) is 6.58 Å². The summed E-state index contributed by atoms with van der Waals surface area (Å²) in [6, 6.07) is 0.859. The molecule has 2 aliphatic rings. The van der Waals surface area contributed by atoms with Crippen molar-refractivity contribution >= 4 is 5.78 Å². The third-order valence-corrected chi connectivity index (χ3v) is 3.23. The molecule has 2 aliphatic heterocycles. The molecular weight excluding hydrogens is 162 g/mol. The Morgan fingerprint density at radius 3 is 3.08 bits per heavy atom. The zero-order valence-electron chi connectivity index (χ0n) is 7.94. The van der Waals surface area contributed by atoms with E-state index in [2.05, 4.69) is 11.5 Å². The summed E-state index contributed by atoms with van der Waals surface area (Å²) < 4.78 is 0. The number of rotatable bonds is 1. The molecule has 0 N–H and O–H groups in total. The van der Waals surface area contributed by atoms with Gasteiger partial charge in [-0.1, -0.05) is 13.0 Å². The summed E-state index contributed by atoms with van der Waals surface area (Å²) in [7, 11) is 0. The highest BCUT2D eigenvalue weighted by Crippen LogP contribution is 2.33. The molecule has 1 saturated heterocycles. The van der Waals surface area contributed by atoms with Crippen LogP contribution in [0.3, 0.4) is 0 Å². The van der Waals surface area contributed by atoms with E-state index in [0.717, 1.165) is 12.8 Å². The number of hydrogen-bond acceptors (Lipinski definition) is 2. The Labute approximate surface area is 78.9 Å². The predicted molar refractivity (Wildman–Crippen MR) is 52.2 cm³/mol. The van der Waals surface area contributed by atoms with E-state index < -0.39 is 0 Å². The minimum absolute atomic E-state index is 0.162. The van der Waals surface area contributed by atoms with Crippen LogP contribution in [0.25, 0.3) is 0 Å². The number of carbonyl (C=O) groups excluding carboxylic acids is 1. The number of hydrogen-bond donors (Lipinski definition) is 0. The van der Waals surface area contributed by atoms with E-state index in [1.54, 1.807) is 6.08 Å². The van der Waals surface area contributed by atoms with Crippen molar-refractivity contribution in [1.29, 1.82) is 0 Å². The van der Waals surface area contributed by atoms with E-state index in [1.165, 1.54) is 0 Å². The second-order valence-corrected chi connectivity index (χ2v) is 3.90. The van der Waals surface area contributed by atoms with Crippen LogP contribution in [0.15, 0.2) is 24.9 Å². The van der Waals surface area contributed by atoms with Crippen LogP contribution in [0.5, 0.6) is 0 Å². The Balaban J connectivity index is 2.25. The number of fused-ring (bicyclic) bond motifs is 1. The maximum Gasteiger partial charge on any atom is 0.161 e. The van der Waals surface area contributed by atoms with Gasteiger partial charge in [0.2, 0.25) is 0 Å². The van der Waals surface area contributed by atoms with Crippen LogP contribution in [0.4, 0.5) is 0 Å². The van der Waals surface area contributed by atoms with Gasteiger partial charge < -0.3 is 4.90 Å². The van der Waals surface area contributed by atoms with Gasteiger partial charge in [0.25, 0.3) is 0 Å². The summed E-state index contributed by atoms with van der Waals surface area (Å²) in [5, 5.41) is 0. The van der Waals surface area contributed by atoms with E-state index in [9.17, 15) is 4.79 Å². The summed E-state index contributed by atoms with van der Waals surface area (Å²) in [5.74, 6) is 0.431. The van der Waals surface area contributed by atoms with Crippen LogP contribution in [0.2, 0.25) is 0 Å². The van der Waals surface area contributed by atoms with Gasteiger partial charge in [-0.25, -0.2) is 0 Å². The van der Waals surface area contributed by atoms with E-state index in [1.807, 2.05) is 19.2 Å². The summed E-state index contributed by atoms with van der Waals surface area (Å²) in [4.78, 5) is 13.7. The molecular formula is C11H15NO. The molecule has 70 valence electrons. The smallest absolute Gasteiger partial charge is 0.161 e. The van der Waals surface area contributed by atoms with E-state index in [0.29, 0.717) is 12.1 Å². The van der Waals surface area contributed by atoms with Gasteiger partial charge in [0, 0.05) is 24.2 Å². The van der Waals surface area contributed by atoms with Gasteiger partial charge in [-0.3, -0.25) is 4.79 Å². The topological polar surface area (TPSA) is 20.3 Å². The monoisotopic (exact) mass is 177 g/mol. The molecule has 2 rings (SSSR count). The van der Waals surface area contributed by atoms with Gasteiger partial charge in [0.1, 0.15) is 0 Å². The summed E-state index contributed by atoms with van der Waals surface area (Å²) in [6.07, 6.45) is 7.87. The molecule has 0 bridgehead atoms. The largest absolute Gasteiger partial charge is 0.367 e. The van der Waals surface area contributed by atoms with Crippen molar-refractivity contribution in [3.05, 3.63) is 24.9 Å². The molecule has 0 aromatic carbocycles. The van der Waals surface area contributed by atoms with Crippen LogP contribution in [0, 0.1) is 5.92 Å². The maximum absolute atomic E-state index is 11.4. The molecule has 0 aromatic rings. The lowest BCUT2D eigenvalue weighted by Crippen LogP contribution is -2.40. The molecule has 3 atom stereocenters. The van der Waals surface area contributed by atoms with Crippen molar-refractivity contribution in [2.45, 2.75) is 31.8 Å². The molecule has 2 nitrogen and oxygen atoms in total. The van der Waals surface area contributed by atoms with Crippen molar-refractivity contribution in [2.75, 3.05) is 0 Å². The normalized spacial score (nSPS) is 37.8. The minimum atomic E-state index is 0.162. The molecule has 0 amide bonds. The predicted octanol–water partition coefficient (Wildman–Crippen LogP) is 1.74. The molecule has 0 unspecified atom stereocenters. The number of carbonyl (C=O) groups is 1. The Morgan fingerprint density at radius 1 is 1.62 bits per heavy atom. The van der Waals surface area contributed by atoms with Gasteiger partial charge in [-0.2, -0.15) is 0 Å². The quantitative estimate of drug-likeness (QED) is 0.569. The first-order valence-electron chi connectivity index (χ1n) is 4.86. The SMILES string of the molecule is C=C[C@H]1CC[C@@H]2[C@@H](C)C(=O)C=CN21. The van der Waals surface area contributed by atoms with Crippen molar-refractivity contribution in [3.8, 4) is 0 Å². The first kappa shape index (κ1) is 8.54. The first-order valence-corrected chi connectivity index (χ1v) is 4.86. The van der Waals surface area contributed by atoms with Gasteiger partial charge in [-0.05, 0) is 18.9 Å². The molecule has 2 heterocycles. The average Bonchev–Trinajstić information content (AvgIpc) is 2.55. The third-order valence-electron chi connectivity index (χ3n) is 3.23. The standard InChI is InChI=1S/C11H15NO/c1-3-9-4-5-10-8(2)11(13)6-7-12(9)10/h3,6-10H,1,4-5H2,2H3/t8-,9+,10-/m1/s1. The van der Waals surface area contributed by atoms with E-state index in [4.69, 9.17) is 0 Å². The Kier molecular flexibility index (Phi) is 1.98. The fraction of sp³-hybridized carbons (Fsp3) is 0.545. The highest BCUT2D eigenvalue weighted by molar-refractivity contribution is 5.92. The van der Waals surface area contributed by atoms with Crippen molar-refractivity contribution in [3.63, 3.8) is 0 Å². The highest BCUT2D eigenvalue weighted by Gasteiger charge is 2.37. The first-order chi connectivity index (χ1) is 6.24. The fourth-order valence-corrected chi connectivity index (χ4v) is 2.36. The molecule has 2 heteroatoms. The second-order valence-electron chi connectivity index (χ2n) is 3.90. The zero-order valence-corrected chi connectivity index (χ0v) is 7.94. The number of ketones is 1. The molecule has 0 radical (unpaired) electrons.